The van der Waals surface area contributed by atoms with Crippen molar-refractivity contribution in [3.63, 3.8) is 0 Å². The number of para-hydroxylation sites is 3. The van der Waals surface area contributed by atoms with E-state index in [4.69, 9.17) is 4.98 Å². The number of rotatable bonds is 3. The van der Waals surface area contributed by atoms with Crippen molar-refractivity contribution >= 4 is 75.1 Å². The Labute approximate surface area is 262 Å². The van der Waals surface area contributed by atoms with Gasteiger partial charge in [0.05, 0.1) is 22.1 Å². The second kappa shape index (κ2) is 9.39. The van der Waals surface area contributed by atoms with Gasteiger partial charge in [0.2, 0.25) is 0 Å². The van der Waals surface area contributed by atoms with Gasteiger partial charge in [-0.05, 0) is 83.6 Å². The normalized spacial score (nSPS) is 12.0. The van der Waals surface area contributed by atoms with E-state index in [1.165, 1.54) is 52.8 Å². The molecule has 0 spiro atoms. The summed E-state index contributed by atoms with van der Waals surface area (Å²) in [5, 5.41) is 7.86. The van der Waals surface area contributed by atoms with Crippen molar-refractivity contribution in [1.29, 1.82) is 0 Å². The molecule has 3 nitrogen and oxygen atoms in total. The highest BCUT2D eigenvalue weighted by Gasteiger charge is 2.20. The standard InChI is InChI=1S/C41H25N3S/c1-2-11-28(12-3-1)44-33-16-8-7-15-32(33)42-41(44)27-18-21-29(22-19-27)43-34-23-20-26-10-4-5-13-30(26)38(34)40-35(43)24-25-37-39(40)31-14-6-9-17-36(31)45-37/h1-25H. The van der Waals surface area contributed by atoms with E-state index < -0.39 is 0 Å². The Bertz CT molecular complexity index is 2750. The van der Waals surface area contributed by atoms with Crippen LogP contribution in [0.1, 0.15) is 0 Å². The summed E-state index contributed by atoms with van der Waals surface area (Å²) < 4.78 is 7.35. The number of aromatic nitrogens is 3. The first-order chi connectivity index (χ1) is 22.3. The molecule has 210 valence electrons. The number of imidazole rings is 1. The van der Waals surface area contributed by atoms with Crippen LogP contribution in [0.4, 0.5) is 0 Å². The summed E-state index contributed by atoms with van der Waals surface area (Å²) in [5.41, 5.74) is 7.85. The lowest BCUT2D eigenvalue weighted by Crippen LogP contribution is -1.98. The molecule has 0 atom stereocenters. The van der Waals surface area contributed by atoms with Crippen molar-refractivity contribution < 1.29 is 0 Å². The molecule has 0 fully saturated rings. The van der Waals surface area contributed by atoms with Crippen LogP contribution in [0.5, 0.6) is 0 Å². The number of hydrogen-bond acceptors (Lipinski definition) is 2. The predicted molar refractivity (Wildman–Crippen MR) is 191 cm³/mol. The smallest absolute Gasteiger partial charge is 0.145 e. The molecule has 0 saturated carbocycles. The lowest BCUT2D eigenvalue weighted by Gasteiger charge is -2.12. The van der Waals surface area contributed by atoms with E-state index in [-0.39, 0.29) is 0 Å². The zero-order chi connectivity index (χ0) is 29.5. The first-order valence-electron chi connectivity index (χ1n) is 15.2. The van der Waals surface area contributed by atoms with Gasteiger partial charge in [0, 0.05) is 47.9 Å². The van der Waals surface area contributed by atoms with Crippen LogP contribution in [0, 0.1) is 0 Å². The van der Waals surface area contributed by atoms with E-state index in [2.05, 4.69) is 161 Å². The van der Waals surface area contributed by atoms with Crippen LogP contribution in [0.3, 0.4) is 0 Å². The van der Waals surface area contributed by atoms with Gasteiger partial charge in [0.1, 0.15) is 5.82 Å². The van der Waals surface area contributed by atoms with Gasteiger partial charge in [-0.15, -0.1) is 11.3 Å². The molecule has 0 bridgehead atoms. The lowest BCUT2D eigenvalue weighted by molar-refractivity contribution is 1.10. The van der Waals surface area contributed by atoms with Gasteiger partial charge in [-0.3, -0.25) is 4.57 Å². The van der Waals surface area contributed by atoms with Crippen molar-refractivity contribution in [2.45, 2.75) is 0 Å². The monoisotopic (exact) mass is 591 g/mol. The second-order valence-corrected chi connectivity index (χ2v) is 12.7. The summed E-state index contributed by atoms with van der Waals surface area (Å²) in [6.07, 6.45) is 0. The first-order valence-corrected chi connectivity index (χ1v) is 16.0. The molecule has 0 amide bonds. The maximum absolute atomic E-state index is 5.10. The van der Waals surface area contributed by atoms with Crippen molar-refractivity contribution in [3.05, 3.63) is 152 Å². The van der Waals surface area contributed by atoms with Crippen molar-refractivity contribution in [2.75, 3.05) is 0 Å². The Hall–Kier alpha value is -5.71. The van der Waals surface area contributed by atoms with E-state index in [1.54, 1.807) is 0 Å². The molecule has 3 heterocycles. The fourth-order valence-corrected chi connectivity index (χ4v) is 8.29. The van der Waals surface area contributed by atoms with Gasteiger partial charge >= 0.3 is 0 Å². The average molecular weight is 592 g/mol. The summed E-state index contributed by atoms with van der Waals surface area (Å²) in [7, 11) is 0. The molecule has 0 unspecified atom stereocenters. The largest absolute Gasteiger partial charge is 0.309 e. The van der Waals surface area contributed by atoms with E-state index >= 15 is 0 Å². The maximum atomic E-state index is 5.10. The molecule has 0 aliphatic carbocycles. The van der Waals surface area contributed by atoms with E-state index in [0.29, 0.717) is 0 Å². The third kappa shape index (κ3) is 3.54. The molecular weight excluding hydrogens is 567 g/mol. The SMILES string of the molecule is c1ccc(-n2c(-c3ccc(-n4c5ccc6ccccc6c5c5c6c(ccc54)sc4ccccc46)cc3)nc3ccccc32)cc1. The number of thiophene rings is 1. The topological polar surface area (TPSA) is 22.8 Å². The Morgan fingerprint density at radius 2 is 1.11 bits per heavy atom. The van der Waals surface area contributed by atoms with Gasteiger partial charge in [0.15, 0.2) is 0 Å². The van der Waals surface area contributed by atoms with Crippen LogP contribution in [-0.4, -0.2) is 14.1 Å². The highest BCUT2D eigenvalue weighted by Crippen LogP contribution is 2.45. The Balaban J connectivity index is 1.25. The fraction of sp³-hybridized carbons (Fsp3) is 0. The molecule has 0 N–H and O–H groups in total. The molecule has 10 rings (SSSR count). The van der Waals surface area contributed by atoms with Crippen molar-refractivity contribution in [3.8, 4) is 22.8 Å². The third-order valence-corrected chi connectivity index (χ3v) is 10.3. The predicted octanol–water partition coefficient (Wildman–Crippen LogP) is 11.3. The number of hydrogen-bond donors (Lipinski definition) is 0. The minimum Gasteiger partial charge on any atom is -0.309 e. The van der Waals surface area contributed by atoms with E-state index in [1.807, 2.05) is 11.3 Å². The summed E-state index contributed by atoms with van der Waals surface area (Å²) in [5.74, 6) is 0.939. The van der Waals surface area contributed by atoms with Gasteiger partial charge in [0.25, 0.3) is 0 Å². The Morgan fingerprint density at radius 3 is 2.00 bits per heavy atom. The molecule has 0 aliphatic heterocycles. The first kappa shape index (κ1) is 24.7. The minimum absolute atomic E-state index is 0.939. The molecular formula is C41H25N3S. The molecule has 7 aromatic carbocycles. The Kier molecular flexibility index (Phi) is 5.16. The highest BCUT2D eigenvalue weighted by molar-refractivity contribution is 7.26. The lowest BCUT2D eigenvalue weighted by atomic mass is 10.0. The molecule has 10 aromatic rings. The van der Waals surface area contributed by atoms with Crippen LogP contribution in [0.15, 0.2) is 152 Å². The number of fused-ring (bicyclic) bond motifs is 10. The Morgan fingerprint density at radius 1 is 0.422 bits per heavy atom. The van der Waals surface area contributed by atoms with Crippen LogP contribution in [0.2, 0.25) is 0 Å². The quantitative estimate of drug-likeness (QED) is 0.200. The molecule has 45 heavy (non-hydrogen) atoms. The van der Waals surface area contributed by atoms with Crippen LogP contribution < -0.4 is 0 Å². The molecule has 0 radical (unpaired) electrons. The van der Waals surface area contributed by atoms with Crippen molar-refractivity contribution in [1.82, 2.24) is 14.1 Å². The van der Waals surface area contributed by atoms with Gasteiger partial charge in [-0.25, -0.2) is 4.98 Å². The number of benzene rings is 7. The zero-order valence-electron chi connectivity index (χ0n) is 24.2. The summed E-state index contributed by atoms with van der Waals surface area (Å²) in [6.45, 7) is 0. The van der Waals surface area contributed by atoms with E-state index in [9.17, 15) is 0 Å². The summed E-state index contributed by atoms with van der Waals surface area (Å²) >= 11 is 1.88. The molecule has 0 aliphatic rings. The molecule has 3 aromatic heterocycles. The van der Waals surface area contributed by atoms with Crippen LogP contribution in [0.25, 0.3) is 86.5 Å². The van der Waals surface area contributed by atoms with Gasteiger partial charge in [-0.2, -0.15) is 0 Å². The van der Waals surface area contributed by atoms with E-state index in [0.717, 1.165) is 33.8 Å². The zero-order valence-corrected chi connectivity index (χ0v) is 25.0. The highest BCUT2D eigenvalue weighted by atomic mass is 32.1. The summed E-state index contributed by atoms with van der Waals surface area (Å²) in [4.78, 5) is 5.10. The molecule has 4 heteroatoms. The minimum atomic E-state index is 0.939. The van der Waals surface area contributed by atoms with Crippen LogP contribution >= 0.6 is 11.3 Å². The molecule has 0 saturated heterocycles. The summed E-state index contributed by atoms with van der Waals surface area (Å²) in [6, 6.07) is 54.5. The third-order valence-electron chi connectivity index (χ3n) is 9.12. The van der Waals surface area contributed by atoms with Gasteiger partial charge < -0.3 is 4.57 Å². The second-order valence-electron chi connectivity index (χ2n) is 11.6. The van der Waals surface area contributed by atoms with Crippen LogP contribution in [-0.2, 0) is 0 Å². The maximum Gasteiger partial charge on any atom is 0.145 e. The van der Waals surface area contributed by atoms with Crippen molar-refractivity contribution in [2.24, 2.45) is 0 Å². The number of nitrogens with zero attached hydrogens (tertiary/aromatic N) is 3. The van der Waals surface area contributed by atoms with Gasteiger partial charge in [-0.1, -0.05) is 78.9 Å². The fourth-order valence-electron chi connectivity index (χ4n) is 7.18. The average Bonchev–Trinajstić information content (AvgIpc) is 3.78.